The molecule has 0 aliphatic carbocycles. The Balaban J connectivity index is 0.000000243. The first-order valence-corrected chi connectivity index (χ1v) is 57.5. The molecule has 0 aliphatic heterocycles. The Morgan fingerprint density at radius 1 is 0.179 bits per heavy atom. The third-order valence-electron chi connectivity index (χ3n) is 23.5. The summed E-state index contributed by atoms with van der Waals surface area (Å²) in [6, 6.07) is 66.2. The monoisotopic (exact) mass is 1770 g/mol. The average molecular weight is 1770 g/mol. The molecule has 10 rings (SSSR count). The Bertz CT molecular complexity index is 4320. The summed E-state index contributed by atoms with van der Waals surface area (Å²) >= 11 is 0. The van der Waals surface area contributed by atoms with Gasteiger partial charge in [0, 0.05) is 108 Å². The van der Waals surface area contributed by atoms with Crippen LogP contribution in [0.4, 0.5) is 0 Å². The van der Waals surface area contributed by atoms with E-state index in [4.69, 9.17) is 23.7 Å². The van der Waals surface area contributed by atoms with E-state index in [1.807, 2.05) is 0 Å². The van der Waals surface area contributed by atoms with Crippen molar-refractivity contribution in [1.82, 2.24) is 0 Å². The van der Waals surface area contributed by atoms with Gasteiger partial charge in [-0.1, -0.05) is 327 Å². The Hall–Kier alpha value is -5.75. The Morgan fingerprint density at radius 2 is 0.366 bits per heavy atom. The van der Waals surface area contributed by atoms with Gasteiger partial charge in [-0.15, -0.1) is 0 Å². The minimum Gasteiger partial charge on any atom is -0.496 e. The van der Waals surface area contributed by atoms with Gasteiger partial charge in [0.2, 0.25) is 0 Å². The van der Waals surface area contributed by atoms with Gasteiger partial charge in [-0.2, -0.15) is 0 Å². The molecule has 5 nitrogen and oxygen atoms in total. The lowest BCUT2D eigenvalue weighted by Gasteiger charge is -2.14. The fourth-order valence-corrected chi connectivity index (χ4v) is 27.6. The summed E-state index contributed by atoms with van der Waals surface area (Å²) in [6.45, 7) is 24.5. The fraction of sp³-hybridized carbons (Fsp3) is 0.558. The molecule has 0 atom stereocenters. The molecule has 0 heterocycles. The van der Waals surface area contributed by atoms with E-state index >= 15 is 0 Å². The number of rotatable bonds is 58. The van der Waals surface area contributed by atoms with Crippen LogP contribution in [-0.2, 0) is 54.5 Å². The zero-order chi connectivity index (χ0) is 88.1. The maximum Gasteiger partial charge on any atom is 0.162 e. The van der Waals surface area contributed by atoms with E-state index in [2.05, 4.69) is 264 Å². The molecule has 0 bridgehead atoms. The van der Waals surface area contributed by atoms with Crippen molar-refractivity contribution >= 4 is 108 Å². The number of benzene rings is 10. The van der Waals surface area contributed by atoms with E-state index in [9.17, 15) is 0 Å². The standard InChI is InChI=1S/C31H51OS.C28H45OS.C22H33OS.C19H27OS.C13H15OS/c1-4-6-8-10-12-14-16-20-26-33(27-21-17-15-13-11-9-7-5-2)31-25-24-30(32-3)28-22-18-19-23-29(28)31;1-4-7-10-11-12-13-14-17-22-29-27-20-21-28(26-19-16-15-18-25(26)27)30(23-8-5-2)24-9-6-3;1-4-7-16-23-21-14-15-22(20-13-11-10-12-19(20)21)24(17-8-5-2)18-9-6-3;1-4-6-14-21(15-7-5-2)19-13-12-18(20-3)16-10-8-9-11-17(16)19;1-14-12-8-9-13(15(2)3)11-7-5-4-6-10(11)12/h18-19,22-25H,4-17,20-21,26-27H2,1-3H3;15-16,18-21H,4-14,17,22-24H2,1-3H3;10-15H,4-9,16-18H2,1-3H3;8-13H,4-7,14-15H2,1-3H3;4-9H,1-3H3/q5*+1. The van der Waals surface area contributed by atoms with Crippen LogP contribution in [0.25, 0.3) is 53.9 Å². The summed E-state index contributed by atoms with van der Waals surface area (Å²) in [5.74, 6) is 15.8. The number of fused-ring (bicyclic) bond motifs is 5. The van der Waals surface area contributed by atoms with Gasteiger partial charge in [0.25, 0.3) is 0 Å². The molecule has 0 aliphatic rings. The van der Waals surface area contributed by atoms with Crippen LogP contribution in [0.5, 0.6) is 28.7 Å². The molecular formula is C113H171O5S5+5. The molecular weight excluding hydrogens is 1600 g/mol. The van der Waals surface area contributed by atoms with Crippen molar-refractivity contribution in [3.8, 4) is 28.7 Å². The molecule has 0 saturated heterocycles. The summed E-state index contributed by atoms with van der Waals surface area (Å²) < 4.78 is 28.9. The number of ether oxygens (including phenoxy) is 5. The van der Waals surface area contributed by atoms with Gasteiger partial charge < -0.3 is 23.7 Å². The highest BCUT2D eigenvalue weighted by Gasteiger charge is 2.29. The largest absolute Gasteiger partial charge is 0.496 e. The van der Waals surface area contributed by atoms with Crippen LogP contribution < -0.4 is 23.7 Å². The van der Waals surface area contributed by atoms with Gasteiger partial charge in [0.15, 0.2) is 24.5 Å². The molecule has 0 amide bonds. The molecule has 0 unspecified atom stereocenters. The second kappa shape index (κ2) is 66.6. The maximum atomic E-state index is 6.26. The van der Waals surface area contributed by atoms with Gasteiger partial charge in [-0.25, -0.2) is 0 Å². The lowest BCUT2D eigenvalue weighted by molar-refractivity contribution is 0.307. The molecule has 0 N–H and O–H groups in total. The summed E-state index contributed by atoms with van der Waals surface area (Å²) in [7, 11) is 7.01. The van der Waals surface area contributed by atoms with Crippen LogP contribution >= 0.6 is 0 Å². The molecule has 0 saturated carbocycles. The van der Waals surface area contributed by atoms with Crippen LogP contribution in [0.3, 0.4) is 0 Å². The lowest BCUT2D eigenvalue weighted by Crippen LogP contribution is -2.14. The minimum atomic E-state index is 0.281. The molecule has 10 heteroatoms. The van der Waals surface area contributed by atoms with E-state index in [0.717, 1.165) is 48.4 Å². The predicted octanol–water partition coefficient (Wildman–Crippen LogP) is 34.2. The van der Waals surface area contributed by atoms with Crippen molar-refractivity contribution < 1.29 is 23.7 Å². The Kier molecular flexibility index (Phi) is 57.4. The molecule has 123 heavy (non-hydrogen) atoms. The van der Waals surface area contributed by atoms with Crippen molar-refractivity contribution in [2.75, 3.05) is 93.1 Å². The smallest absolute Gasteiger partial charge is 0.162 e. The van der Waals surface area contributed by atoms with Gasteiger partial charge in [-0.05, 0) is 168 Å². The quantitative estimate of drug-likeness (QED) is 0.0281. The summed E-state index contributed by atoms with van der Waals surface area (Å²) in [4.78, 5) is 7.64. The van der Waals surface area contributed by atoms with Crippen molar-refractivity contribution in [2.24, 2.45) is 0 Å². The SMILES string of the molecule is CCCCCCCCCCOc1ccc([S+](CCCC)CCCC)c2ccccc12.CCCCCCCCCC[S+](CCCCCCCCCC)c1ccc(OC)c2ccccc12.CCCCOc1ccc([S+](CCCC)CCCC)c2ccccc12.CCCC[S+](CCCC)c1ccc(OC)c2ccccc12.COc1ccc([S+](C)C)c2ccccc12. The van der Waals surface area contributed by atoms with Gasteiger partial charge in [0.1, 0.15) is 87.3 Å². The zero-order valence-electron chi connectivity index (χ0n) is 80.3. The van der Waals surface area contributed by atoms with E-state index in [1.54, 1.807) is 36.0 Å². The van der Waals surface area contributed by atoms with Crippen molar-refractivity contribution in [1.29, 1.82) is 0 Å². The first-order chi connectivity index (χ1) is 60.5. The highest BCUT2D eigenvalue weighted by atomic mass is 32.2. The second-order valence-electron chi connectivity index (χ2n) is 33.7. The molecule has 0 fully saturated rings. The van der Waals surface area contributed by atoms with E-state index in [1.165, 1.54) is 347 Å². The Morgan fingerprint density at radius 3 is 0.610 bits per heavy atom. The molecule has 0 aromatic heterocycles. The number of hydrogen-bond donors (Lipinski definition) is 0. The third kappa shape index (κ3) is 37.8. The summed E-state index contributed by atoms with van der Waals surface area (Å²) in [5.41, 5.74) is 0. The molecule has 10 aromatic carbocycles. The van der Waals surface area contributed by atoms with Crippen molar-refractivity contribution in [3.63, 3.8) is 0 Å². The normalized spacial score (nSPS) is 11.3. The van der Waals surface area contributed by atoms with Gasteiger partial charge >= 0.3 is 0 Å². The van der Waals surface area contributed by atoms with Crippen LogP contribution in [-0.4, -0.2) is 93.1 Å². The first-order valence-electron chi connectivity index (χ1n) is 49.2. The number of methoxy groups -OCH3 is 3. The van der Waals surface area contributed by atoms with Gasteiger partial charge in [-0.3, -0.25) is 0 Å². The highest BCUT2D eigenvalue weighted by Crippen LogP contribution is 2.39. The van der Waals surface area contributed by atoms with Crippen LogP contribution in [0.1, 0.15) is 313 Å². The van der Waals surface area contributed by atoms with Crippen LogP contribution in [0.15, 0.2) is 206 Å². The van der Waals surface area contributed by atoms with E-state index < -0.39 is 0 Å². The average Bonchev–Trinajstić information content (AvgIpc) is 0.820. The maximum absolute atomic E-state index is 6.26. The fourth-order valence-electron chi connectivity index (χ4n) is 16.1. The molecule has 0 spiro atoms. The number of hydrogen-bond acceptors (Lipinski definition) is 5. The first kappa shape index (κ1) is 106. The third-order valence-corrected chi connectivity index (χ3v) is 34.9. The Labute approximate surface area is 767 Å². The second-order valence-corrected chi connectivity index (χ2v) is 44.7. The minimum absolute atomic E-state index is 0.281. The summed E-state index contributed by atoms with van der Waals surface area (Å²) in [6.07, 6.45) is 55.7. The highest BCUT2D eigenvalue weighted by molar-refractivity contribution is 7.98. The molecule has 678 valence electrons. The molecule has 0 radical (unpaired) electrons. The van der Waals surface area contributed by atoms with Gasteiger partial charge in [0.05, 0.1) is 34.5 Å². The topological polar surface area (TPSA) is 46.2 Å². The van der Waals surface area contributed by atoms with E-state index in [0.29, 0.717) is 43.6 Å². The van der Waals surface area contributed by atoms with Crippen LogP contribution in [0, 0.1) is 0 Å². The predicted molar refractivity (Wildman–Crippen MR) is 562 cm³/mol. The van der Waals surface area contributed by atoms with E-state index in [-0.39, 0.29) is 10.9 Å². The summed E-state index contributed by atoms with van der Waals surface area (Å²) in [5, 5.41) is 13.3. The number of unbranched alkanes of at least 4 members (excludes halogenated alkanes) is 28. The molecule has 10 aromatic rings. The van der Waals surface area contributed by atoms with Crippen molar-refractivity contribution in [2.45, 2.75) is 338 Å². The van der Waals surface area contributed by atoms with Crippen LogP contribution in [0.2, 0.25) is 0 Å². The van der Waals surface area contributed by atoms with Crippen molar-refractivity contribution in [3.05, 3.63) is 182 Å². The lowest BCUT2D eigenvalue weighted by atomic mass is 10.1. The zero-order valence-corrected chi connectivity index (χ0v) is 84.4.